The van der Waals surface area contributed by atoms with E-state index >= 15 is 0 Å². The van der Waals surface area contributed by atoms with Gasteiger partial charge in [0.15, 0.2) is 0 Å². The predicted octanol–water partition coefficient (Wildman–Crippen LogP) is 3.27. The maximum absolute atomic E-state index is 10.9. The van der Waals surface area contributed by atoms with Crippen LogP contribution in [-0.4, -0.2) is 34.9 Å². The number of carbonyl (C=O) groups is 1. The van der Waals surface area contributed by atoms with Crippen LogP contribution in [0.25, 0.3) is 0 Å². The van der Waals surface area contributed by atoms with Crippen molar-refractivity contribution in [3.8, 4) is 0 Å². The molecule has 0 aromatic heterocycles. The van der Waals surface area contributed by atoms with Gasteiger partial charge >= 0.3 is 5.97 Å². The average molecular weight is 355 g/mol. The molecule has 7 heteroatoms. The molecular formula is C18H15ClN4O2. The largest absolute Gasteiger partial charge is 0.477 e. The van der Waals surface area contributed by atoms with Gasteiger partial charge in [-0.25, -0.2) is 9.79 Å². The zero-order chi connectivity index (χ0) is 17.8. The summed E-state index contributed by atoms with van der Waals surface area (Å²) in [5, 5.41) is 13.3. The third-order valence-corrected chi connectivity index (χ3v) is 3.80. The molecule has 0 bridgehead atoms. The zero-order valence-corrected chi connectivity index (χ0v) is 14.2. The summed E-state index contributed by atoms with van der Waals surface area (Å²) in [7, 11) is 0. The van der Waals surface area contributed by atoms with Gasteiger partial charge in [-0.15, -0.1) is 0 Å². The molecule has 0 fully saturated rings. The molecule has 2 N–H and O–H groups in total. The van der Waals surface area contributed by atoms with E-state index in [0.717, 1.165) is 16.8 Å². The van der Waals surface area contributed by atoms with E-state index in [1.54, 1.807) is 12.1 Å². The Balaban J connectivity index is 2.03. The van der Waals surface area contributed by atoms with Crippen molar-refractivity contribution < 1.29 is 9.90 Å². The lowest BCUT2D eigenvalue weighted by Gasteiger charge is -2.08. The third-order valence-electron chi connectivity index (χ3n) is 3.57. The number of hydrogen-bond acceptors (Lipinski definition) is 5. The summed E-state index contributed by atoms with van der Waals surface area (Å²) in [4.78, 5) is 20.0. The van der Waals surface area contributed by atoms with E-state index < -0.39 is 5.97 Å². The number of carboxylic acid groups (broad SMARTS) is 1. The van der Waals surface area contributed by atoms with Crippen LogP contribution in [0.2, 0.25) is 5.02 Å². The SMILES string of the molecule is C/C(=N/NC1=Nc2ccc(Cl)cc2C(c2ccccc2)=NC1)C(=O)O. The van der Waals surface area contributed by atoms with Crippen LogP contribution in [0.15, 0.2) is 63.6 Å². The Labute approximate surface area is 149 Å². The van der Waals surface area contributed by atoms with Gasteiger partial charge in [-0.1, -0.05) is 41.9 Å². The Morgan fingerprint density at radius 3 is 2.72 bits per heavy atom. The number of benzene rings is 2. The van der Waals surface area contributed by atoms with Crippen molar-refractivity contribution in [1.82, 2.24) is 5.43 Å². The first-order valence-corrected chi connectivity index (χ1v) is 7.93. The van der Waals surface area contributed by atoms with Crippen LogP contribution in [0.3, 0.4) is 0 Å². The summed E-state index contributed by atoms with van der Waals surface area (Å²) in [6.45, 7) is 1.64. The lowest BCUT2D eigenvalue weighted by atomic mass is 10.0. The monoisotopic (exact) mass is 354 g/mol. The molecule has 0 atom stereocenters. The van der Waals surface area contributed by atoms with Gasteiger partial charge in [0.1, 0.15) is 11.5 Å². The highest BCUT2D eigenvalue weighted by molar-refractivity contribution is 6.34. The summed E-state index contributed by atoms with van der Waals surface area (Å²) in [5.41, 5.74) is 5.86. The number of halogens is 1. The average Bonchev–Trinajstić information content (AvgIpc) is 2.79. The zero-order valence-electron chi connectivity index (χ0n) is 13.4. The van der Waals surface area contributed by atoms with Gasteiger partial charge in [-0.05, 0) is 25.1 Å². The first kappa shape index (κ1) is 16.9. The molecule has 0 aliphatic carbocycles. The van der Waals surface area contributed by atoms with Gasteiger partial charge in [0.2, 0.25) is 0 Å². The number of nitrogens with zero attached hydrogens (tertiary/aromatic N) is 3. The first-order valence-electron chi connectivity index (χ1n) is 7.55. The normalized spacial score (nSPS) is 14.1. The first-order chi connectivity index (χ1) is 12.0. The van der Waals surface area contributed by atoms with Crippen molar-refractivity contribution in [2.45, 2.75) is 6.92 Å². The molecule has 0 unspecified atom stereocenters. The Kier molecular flexibility index (Phi) is 4.90. The number of aliphatic imine (C=N–C) groups is 2. The van der Waals surface area contributed by atoms with E-state index in [1.165, 1.54) is 6.92 Å². The van der Waals surface area contributed by atoms with Crippen molar-refractivity contribution in [1.29, 1.82) is 0 Å². The van der Waals surface area contributed by atoms with Gasteiger partial charge in [0.25, 0.3) is 0 Å². The number of rotatable bonds is 3. The fourth-order valence-corrected chi connectivity index (χ4v) is 2.49. The van der Waals surface area contributed by atoms with Crippen molar-refractivity contribution in [3.05, 3.63) is 64.7 Å². The summed E-state index contributed by atoms with van der Waals surface area (Å²) in [5.74, 6) is -0.641. The molecule has 1 aliphatic rings. The molecule has 3 rings (SSSR count). The van der Waals surface area contributed by atoms with Crippen molar-refractivity contribution in [2.75, 3.05) is 6.54 Å². The molecule has 0 radical (unpaired) electrons. The molecule has 2 aromatic rings. The van der Waals surface area contributed by atoms with Gasteiger partial charge in [0, 0.05) is 16.1 Å². The van der Waals surface area contributed by atoms with Crippen LogP contribution in [0, 0.1) is 0 Å². The van der Waals surface area contributed by atoms with Gasteiger partial charge in [-0.3, -0.25) is 10.4 Å². The maximum atomic E-state index is 10.9. The topological polar surface area (TPSA) is 86.4 Å². The van der Waals surface area contributed by atoms with Crippen molar-refractivity contribution >= 4 is 40.5 Å². The summed E-state index contributed by atoms with van der Waals surface area (Å²) >= 11 is 6.15. The predicted molar refractivity (Wildman–Crippen MR) is 99.4 cm³/mol. The lowest BCUT2D eigenvalue weighted by molar-refractivity contribution is -0.129. The quantitative estimate of drug-likeness (QED) is 0.655. The fourth-order valence-electron chi connectivity index (χ4n) is 2.31. The minimum Gasteiger partial charge on any atom is -0.477 e. The highest BCUT2D eigenvalue weighted by Gasteiger charge is 2.16. The second kappa shape index (κ2) is 7.27. The number of carboxylic acids is 1. The van der Waals surface area contributed by atoms with E-state index in [0.29, 0.717) is 16.5 Å². The molecule has 2 aromatic carbocycles. The van der Waals surface area contributed by atoms with Crippen LogP contribution in [0.4, 0.5) is 5.69 Å². The van der Waals surface area contributed by atoms with E-state index in [4.69, 9.17) is 16.7 Å². The minimum absolute atomic E-state index is 0.0597. The smallest absolute Gasteiger partial charge is 0.351 e. The Morgan fingerprint density at radius 1 is 1.24 bits per heavy atom. The molecular weight excluding hydrogens is 340 g/mol. The number of aliphatic carboxylic acids is 1. The lowest BCUT2D eigenvalue weighted by Crippen LogP contribution is -2.24. The minimum atomic E-state index is -1.10. The Bertz CT molecular complexity index is 905. The fraction of sp³-hybridized carbons (Fsp3) is 0.111. The number of amidine groups is 1. The number of fused-ring (bicyclic) bond motifs is 1. The van der Waals surface area contributed by atoms with Gasteiger partial charge < -0.3 is 5.11 Å². The number of hydrogen-bond donors (Lipinski definition) is 2. The molecule has 0 saturated carbocycles. The standard InChI is InChI=1S/C18H15ClN4O2/c1-11(18(24)25)22-23-16-10-20-17(12-5-3-2-4-6-12)14-9-13(19)7-8-15(14)21-16/h2-9H,10H2,1H3,(H,21,23)(H,24,25)/b22-11-. The molecule has 1 heterocycles. The molecule has 1 aliphatic heterocycles. The molecule has 25 heavy (non-hydrogen) atoms. The second-order valence-corrected chi connectivity index (χ2v) is 5.80. The highest BCUT2D eigenvalue weighted by Crippen LogP contribution is 2.28. The van der Waals surface area contributed by atoms with Crippen molar-refractivity contribution in [3.63, 3.8) is 0 Å². The van der Waals surface area contributed by atoms with Crippen LogP contribution in [0.1, 0.15) is 18.1 Å². The Morgan fingerprint density at radius 2 is 2.00 bits per heavy atom. The van der Waals surface area contributed by atoms with E-state index in [2.05, 4.69) is 20.5 Å². The summed E-state index contributed by atoms with van der Waals surface area (Å²) in [6, 6.07) is 15.1. The molecule has 0 saturated heterocycles. The van der Waals surface area contributed by atoms with Crippen LogP contribution in [0.5, 0.6) is 0 Å². The van der Waals surface area contributed by atoms with Crippen molar-refractivity contribution in [2.24, 2.45) is 15.1 Å². The number of nitrogens with one attached hydrogen (secondary N) is 1. The highest BCUT2D eigenvalue weighted by atomic mass is 35.5. The summed E-state index contributed by atoms with van der Waals surface area (Å²) < 4.78 is 0. The Hall–Kier alpha value is -2.99. The number of hydrazone groups is 1. The maximum Gasteiger partial charge on any atom is 0.351 e. The molecule has 6 nitrogen and oxygen atoms in total. The van der Waals surface area contributed by atoms with Gasteiger partial charge in [-0.2, -0.15) is 5.10 Å². The van der Waals surface area contributed by atoms with E-state index in [1.807, 2.05) is 36.4 Å². The molecule has 0 spiro atoms. The third kappa shape index (κ3) is 3.92. The molecule has 0 amide bonds. The second-order valence-electron chi connectivity index (χ2n) is 5.36. The van der Waals surface area contributed by atoms with E-state index in [-0.39, 0.29) is 12.3 Å². The van der Waals surface area contributed by atoms with Gasteiger partial charge in [0.05, 0.1) is 17.9 Å². The van der Waals surface area contributed by atoms with E-state index in [9.17, 15) is 4.79 Å². The molecule has 126 valence electrons. The summed E-state index contributed by atoms with van der Waals surface area (Å²) in [6.07, 6.45) is 0. The van der Waals surface area contributed by atoms with Crippen LogP contribution >= 0.6 is 11.6 Å². The van der Waals surface area contributed by atoms with Crippen LogP contribution < -0.4 is 5.43 Å². The van der Waals surface area contributed by atoms with Crippen LogP contribution in [-0.2, 0) is 4.79 Å².